The molecule has 30 heavy (non-hydrogen) atoms. The fourth-order valence-electron chi connectivity index (χ4n) is 4.80. The normalized spacial score (nSPS) is 31.0. The van der Waals surface area contributed by atoms with Crippen LogP contribution in [0.5, 0.6) is 0 Å². The number of likely N-dealkylation sites (tertiary alicyclic amines) is 2. The van der Waals surface area contributed by atoms with E-state index in [1.165, 1.54) is 38.8 Å². The van der Waals surface area contributed by atoms with Crippen LogP contribution in [-0.4, -0.2) is 102 Å². The fourth-order valence-corrected chi connectivity index (χ4v) is 12.2. The third-order valence-electron chi connectivity index (χ3n) is 6.41. The molecule has 2 atom stereocenters. The first-order chi connectivity index (χ1) is 14.8. The van der Waals surface area contributed by atoms with Gasteiger partial charge in [-0.3, -0.25) is 0 Å². The molecule has 0 spiro atoms. The van der Waals surface area contributed by atoms with Crippen molar-refractivity contribution < 1.29 is 9.47 Å². The molecule has 2 saturated carbocycles. The Kier molecular flexibility index (Phi) is 9.91. The van der Waals surface area contributed by atoms with Crippen LogP contribution in [0.15, 0.2) is 0 Å². The minimum absolute atomic E-state index is 0.544. The Hall–Kier alpha value is 0.879. The van der Waals surface area contributed by atoms with E-state index in [4.69, 9.17) is 9.47 Å². The van der Waals surface area contributed by atoms with Gasteiger partial charge < -0.3 is 0 Å². The van der Waals surface area contributed by atoms with Crippen LogP contribution in [0.25, 0.3) is 0 Å². The van der Waals surface area contributed by atoms with Crippen LogP contribution in [0.4, 0.5) is 0 Å². The Labute approximate surface area is 196 Å². The van der Waals surface area contributed by atoms with Crippen molar-refractivity contribution in [2.24, 2.45) is 0 Å². The number of hydrogen-bond donors (Lipinski definition) is 0. The van der Waals surface area contributed by atoms with Gasteiger partial charge in [-0.2, -0.15) is 0 Å². The summed E-state index contributed by atoms with van der Waals surface area (Å²) in [5.41, 5.74) is 0. The van der Waals surface area contributed by atoms with Crippen LogP contribution in [0.1, 0.15) is 25.7 Å². The van der Waals surface area contributed by atoms with Crippen molar-refractivity contribution in [1.29, 1.82) is 0 Å². The quantitative estimate of drug-likeness (QED) is 0.375. The van der Waals surface area contributed by atoms with Crippen LogP contribution in [0, 0.1) is 60.0 Å². The Balaban J connectivity index is 1.24. The van der Waals surface area contributed by atoms with Gasteiger partial charge in [-0.15, -0.1) is 0 Å². The average molecular weight is 540 g/mol. The summed E-state index contributed by atoms with van der Waals surface area (Å²) in [6.45, 7) is 6.33. The summed E-state index contributed by atoms with van der Waals surface area (Å²) in [6.07, 6.45) is 19.1. The van der Waals surface area contributed by atoms with Gasteiger partial charge in [-0.1, -0.05) is 0 Å². The van der Waals surface area contributed by atoms with Crippen molar-refractivity contribution in [3.05, 3.63) is 60.0 Å². The number of hydrogen-bond acceptors (Lipinski definition) is 4. The van der Waals surface area contributed by atoms with E-state index < -0.39 is 0 Å². The molecule has 0 aromatic rings. The topological polar surface area (TPSA) is 24.9 Å². The zero-order chi connectivity index (χ0) is 20.8. The SMILES string of the molecule is COC[C@@H]1CCCN1C[C]1[CH][CH][CH][C]1[Se][Se][C]1[CH][CH][CH][C]1CN1CCC[C@H]1COC. The molecule has 0 N–H and O–H groups in total. The monoisotopic (exact) mass is 542 g/mol. The van der Waals surface area contributed by atoms with E-state index >= 15 is 0 Å². The molecule has 4 aliphatic rings. The summed E-state index contributed by atoms with van der Waals surface area (Å²) < 4.78 is 10.9. The van der Waals surface area contributed by atoms with E-state index in [0.717, 1.165) is 26.3 Å². The first-order valence-electron chi connectivity index (χ1n) is 11.1. The van der Waals surface area contributed by atoms with E-state index in [9.17, 15) is 0 Å². The first kappa shape index (κ1) is 24.0. The third-order valence-corrected chi connectivity index (χ3v) is 13.8. The van der Waals surface area contributed by atoms with Gasteiger partial charge in [0.25, 0.3) is 0 Å². The maximum atomic E-state index is 5.45. The second-order valence-corrected chi connectivity index (χ2v) is 14.6. The Morgan fingerprint density at radius 1 is 0.767 bits per heavy atom. The summed E-state index contributed by atoms with van der Waals surface area (Å²) in [7, 11) is 3.65. The minimum atomic E-state index is 0.544. The van der Waals surface area contributed by atoms with Crippen LogP contribution in [0.3, 0.4) is 0 Å². The van der Waals surface area contributed by atoms with E-state index in [1.807, 2.05) is 14.2 Å². The van der Waals surface area contributed by atoms with Crippen LogP contribution in [0.2, 0.25) is 0 Å². The molecule has 0 unspecified atom stereocenters. The average Bonchev–Trinajstić information content (AvgIpc) is 3.53. The summed E-state index contributed by atoms with van der Waals surface area (Å²) in [4.78, 5) is 8.47. The molecule has 4 fully saturated rings. The van der Waals surface area contributed by atoms with Gasteiger partial charge in [0.05, 0.1) is 0 Å². The van der Waals surface area contributed by atoms with E-state index in [0.29, 0.717) is 38.3 Å². The summed E-state index contributed by atoms with van der Waals surface area (Å²) in [5.74, 6) is 3.10. The zero-order valence-electron chi connectivity index (χ0n) is 18.2. The van der Waals surface area contributed by atoms with Crippen LogP contribution in [-0.2, 0) is 9.47 Å². The number of nitrogens with zero attached hydrogens (tertiary/aromatic N) is 2. The van der Waals surface area contributed by atoms with Crippen molar-refractivity contribution >= 4 is 26.3 Å². The van der Waals surface area contributed by atoms with Gasteiger partial charge in [0.2, 0.25) is 0 Å². The number of methoxy groups -OCH3 is 2. The molecule has 2 aliphatic heterocycles. The third kappa shape index (κ3) is 6.26. The summed E-state index contributed by atoms with van der Waals surface area (Å²) in [6, 6.07) is 1.19. The van der Waals surface area contributed by atoms with Crippen molar-refractivity contribution in [2.75, 3.05) is 53.6 Å². The van der Waals surface area contributed by atoms with Crippen molar-refractivity contribution in [1.82, 2.24) is 9.80 Å². The van der Waals surface area contributed by atoms with Gasteiger partial charge in [-0.05, 0) is 0 Å². The summed E-state index contributed by atoms with van der Waals surface area (Å²) in [5, 5.41) is 0. The van der Waals surface area contributed by atoms with E-state index in [2.05, 4.69) is 48.3 Å². The van der Waals surface area contributed by atoms with Gasteiger partial charge >= 0.3 is 197 Å². The Bertz CT molecular complexity index is 468. The standard InChI is InChI=1S/C24H34N2O2Se2/c1-27-17-21-9-5-13-25(21)15-19-7-3-11-23(19)29-30-24-12-4-8-20(24)16-26-14-6-10-22(26)18-28-2/h3-4,7-8,11-12,21-22H,5-6,9-10,13-18H2,1-2H3/t21-,22-/m0/s1. The van der Waals surface area contributed by atoms with Gasteiger partial charge in [-0.25, -0.2) is 0 Å². The van der Waals surface area contributed by atoms with Gasteiger partial charge in [0, 0.05) is 0 Å². The predicted octanol–water partition coefficient (Wildman–Crippen LogP) is 2.00. The number of rotatable bonds is 11. The van der Waals surface area contributed by atoms with Gasteiger partial charge in [0.1, 0.15) is 0 Å². The molecular weight excluding hydrogens is 506 g/mol. The molecule has 0 amide bonds. The maximum absolute atomic E-state index is 5.45. The molecule has 10 radical (unpaired) electrons. The molecular formula is C24H34N2O2Se2. The molecule has 6 heteroatoms. The van der Waals surface area contributed by atoms with E-state index in [1.54, 1.807) is 21.5 Å². The zero-order valence-corrected chi connectivity index (χ0v) is 21.6. The Morgan fingerprint density at radius 3 is 1.67 bits per heavy atom. The first-order valence-corrected chi connectivity index (χ1v) is 17.1. The van der Waals surface area contributed by atoms with Crippen LogP contribution >= 0.6 is 0 Å². The summed E-state index contributed by atoms with van der Waals surface area (Å²) >= 11 is 1.09. The number of ether oxygens (including phenoxy) is 2. The molecule has 164 valence electrons. The molecule has 0 bridgehead atoms. The van der Waals surface area contributed by atoms with Crippen molar-refractivity contribution in [3.8, 4) is 0 Å². The molecule has 2 saturated heterocycles. The second kappa shape index (κ2) is 12.4. The molecule has 4 rings (SSSR count). The van der Waals surface area contributed by atoms with Crippen molar-refractivity contribution in [3.63, 3.8) is 0 Å². The molecule has 2 heterocycles. The molecule has 0 aromatic heterocycles. The van der Waals surface area contributed by atoms with Crippen LogP contribution < -0.4 is 0 Å². The molecule has 2 aliphatic carbocycles. The predicted molar refractivity (Wildman–Crippen MR) is 123 cm³/mol. The molecule has 0 aromatic carbocycles. The second-order valence-electron chi connectivity index (χ2n) is 8.44. The Morgan fingerprint density at radius 2 is 1.23 bits per heavy atom. The van der Waals surface area contributed by atoms with E-state index in [-0.39, 0.29) is 0 Å². The van der Waals surface area contributed by atoms with Gasteiger partial charge in [0.15, 0.2) is 0 Å². The van der Waals surface area contributed by atoms with Crippen molar-refractivity contribution in [2.45, 2.75) is 37.8 Å². The fraction of sp³-hybridized carbons (Fsp3) is 0.583. The molecule has 4 nitrogen and oxygen atoms in total.